The maximum absolute atomic E-state index is 13.1. The molecule has 1 N–H and O–H groups in total. The van der Waals surface area contributed by atoms with Crippen molar-refractivity contribution >= 4 is 37.3 Å². The van der Waals surface area contributed by atoms with E-state index in [1.165, 1.54) is 35.7 Å². The average Bonchev–Trinajstić information content (AvgIpc) is 3.44. The first kappa shape index (κ1) is 27.4. The number of carbonyl (C=O) groups excluding carboxylic acids is 1. The second kappa shape index (κ2) is 11.4. The Bertz CT molecular complexity index is 1500. The Morgan fingerprint density at radius 3 is 2.24 bits per heavy atom. The molecule has 3 aromatic rings. The lowest BCUT2D eigenvalue weighted by molar-refractivity contribution is -0.114. The summed E-state index contributed by atoms with van der Waals surface area (Å²) in [5, 5.41) is 2.61. The molecule has 4 rings (SSSR count). The minimum absolute atomic E-state index is 0.0112. The molecule has 1 fully saturated rings. The second-order valence-electron chi connectivity index (χ2n) is 8.67. The van der Waals surface area contributed by atoms with Crippen LogP contribution in [-0.4, -0.2) is 60.0 Å². The number of hydrogen-bond donors (Lipinski definition) is 1. The van der Waals surface area contributed by atoms with Crippen LogP contribution in [-0.2, 0) is 24.8 Å². The van der Waals surface area contributed by atoms with Gasteiger partial charge in [-0.05, 0) is 55.3 Å². The van der Waals surface area contributed by atoms with Crippen LogP contribution in [0.4, 0.5) is 11.4 Å². The number of hydrogen-bond acceptors (Lipinski definition) is 7. The number of nitrogens with one attached hydrogen (secondary N) is 1. The number of sulfonamides is 2. The van der Waals surface area contributed by atoms with Gasteiger partial charge in [-0.2, -0.15) is 4.31 Å². The number of para-hydroxylation sites is 3. The molecule has 0 saturated carbocycles. The number of methoxy groups -OCH3 is 1. The van der Waals surface area contributed by atoms with Crippen LogP contribution in [0.25, 0.3) is 0 Å². The van der Waals surface area contributed by atoms with Crippen molar-refractivity contribution in [3.8, 4) is 17.2 Å². The Labute approximate surface area is 222 Å². The van der Waals surface area contributed by atoms with Crippen molar-refractivity contribution < 1.29 is 31.1 Å². The highest BCUT2D eigenvalue weighted by Crippen LogP contribution is 2.34. The third-order valence-corrected chi connectivity index (χ3v) is 8.96. The molecule has 10 nitrogen and oxygen atoms in total. The smallest absolute Gasteiger partial charge is 0.245 e. The summed E-state index contributed by atoms with van der Waals surface area (Å²) in [6, 6.07) is 19.5. The highest BCUT2D eigenvalue weighted by Gasteiger charge is 2.29. The SMILES string of the molecule is COc1ccc(S(=O)(=O)N2CCCC2)cc1NC(=O)CN(c1ccccc1Oc1ccccc1)S(C)(=O)=O. The van der Waals surface area contributed by atoms with Crippen molar-refractivity contribution in [2.75, 3.05) is 42.6 Å². The van der Waals surface area contributed by atoms with Gasteiger partial charge in [-0.25, -0.2) is 16.8 Å². The van der Waals surface area contributed by atoms with Crippen molar-refractivity contribution in [3.05, 3.63) is 72.8 Å². The van der Waals surface area contributed by atoms with E-state index in [1.54, 1.807) is 42.5 Å². The third kappa shape index (κ3) is 6.26. The summed E-state index contributed by atoms with van der Waals surface area (Å²) < 4.78 is 65.1. The van der Waals surface area contributed by atoms with Gasteiger partial charge in [0.05, 0.1) is 29.6 Å². The third-order valence-electron chi connectivity index (χ3n) is 5.94. The molecule has 0 atom stereocenters. The largest absolute Gasteiger partial charge is 0.495 e. The van der Waals surface area contributed by atoms with Gasteiger partial charge >= 0.3 is 0 Å². The fraction of sp³-hybridized carbons (Fsp3) is 0.269. The molecular weight excluding hydrogens is 530 g/mol. The topological polar surface area (TPSA) is 122 Å². The minimum atomic E-state index is -3.92. The van der Waals surface area contributed by atoms with E-state index in [2.05, 4.69) is 5.32 Å². The minimum Gasteiger partial charge on any atom is -0.495 e. The second-order valence-corrected chi connectivity index (χ2v) is 12.5. The summed E-state index contributed by atoms with van der Waals surface area (Å²) >= 11 is 0. The van der Waals surface area contributed by atoms with Gasteiger partial charge in [0.15, 0.2) is 5.75 Å². The molecule has 1 saturated heterocycles. The number of ether oxygens (including phenoxy) is 2. The van der Waals surface area contributed by atoms with Crippen molar-refractivity contribution in [3.63, 3.8) is 0 Å². The fourth-order valence-electron chi connectivity index (χ4n) is 4.09. The van der Waals surface area contributed by atoms with Gasteiger partial charge in [-0.3, -0.25) is 9.10 Å². The van der Waals surface area contributed by atoms with Gasteiger partial charge in [-0.1, -0.05) is 30.3 Å². The molecular formula is C26H29N3O7S2. The van der Waals surface area contributed by atoms with Crippen molar-refractivity contribution in [1.82, 2.24) is 4.31 Å². The number of rotatable bonds is 10. The van der Waals surface area contributed by atoms with E-state index in [-0.39, 0.29) is 27.8 Å². The van der Waals surface area contributed by atoms with E-state index < -0.39 is 32.5 Å². The van der Waals surface area contributed by atoms with Crippen LogP contribution in [0.3, 0.4) is 0 Å². The Kier molecular flexibility index (Phi) is 8.24. The van der Waals surface area contributed by atoms with E-state index in [4.69, 9.17) is 9.47 Å². The van der Waals surface area contributed by atoms with Crippen molar-refractivity contribution in [2.45, 2.75) is 17.7 Å². The number of anilines is 2. The summed E-state index contributed by atoms with van der Waals surface area (Å²) in [4.78, 5) is 13.1. The fourth-order valence-corrected chi connectivity index (χ4v) is 6.49. The van der Waals surface area contributed by atoms with Gasteiger partial charge in [0, 0.05) is 13.1 Å². The van der Waals surface area contributed by atoms with Gasteiger partial charge in [-0.15, -0.1) is 0 Å². The first-order valence-electron chi connectivity index (χ1n) is 11.9. The predicted octanol–water partition coefficient (Wildman–Crippen LogP) is 3.68. The molecule has 202 valence electrons. The maximum atomic E-state index is 13.1. The molecule has 12 heteroatoms. The van der Waals surface area contributed by atoms with E-state index in [9.17, 15) is 21.6 Å². The molecule has 1 aliphatic rings. The van der Waals surface area contributed by atoms with Gasteiger partial charge in [0.1, 0.15) is 18.0 Å². The van der Waals surface area contributed by atoms with E-state index in [1.807, 2.05) is 6.07 Å². The first-order valence-corrected chi connectivity index (χ1v) is 15.2. The van der Waals surface area contributed by atoms with Crippen LogP contribution in [0.1, 0.15) is 12.8 Å². The molecule has 0 bridgehead atoms. The molecule has 1 amide bonds. The maximum Gasteiger partial charge on any atom is 0.245 e. The number of carbonyl (C=O) groups is 1. The molecule has 1 heterocycles. The molecule has 0 unspecified atom stereocenters. The average molecular weight is 560 g/mol. The number of benzene rings is 3. The van der Waals surface area contributed by atoms with Crippen molar-refractivity contribution in [1.29, 1.82) is 0 Å². The molecule has 38 heavy (non-hydrogen) atoms. The highest BCUT2D eigenvalue weighted by molar-refractivity contribution is 7.92. The summed E-state index contributed by atoms with van der Waals surface area (Å²) in [6.45, 7) is 0.286. The Hall–Kier alpha value is -3.61. The molecule has 3 aromatic carbocycles. The summed E-state index contributed by atoms with van der Waals surface area (Å²) in [5.41, 5.74) is 0.284. The Morgan fingerprint density at radius 2 is 1.58 bits per heavy atom. The van der Waals surface area contributed by atoms with E-state index in [0.717, 1.165) is 23.4 Å². The van der Waals surface area contributed by atoms with Gasteiger partial charge in [0.25, 0.3) is 0 Å². The standard InChI is InChI=1S/C26H29N3O7S2/c1-35-24-15-14-21(38(33,34)28-16-8-9-17-28)18-22(24)27-26(30)19-29(37(2,31)32)23-12-6-7-13-25(23)36-20-10-4-3-5-11-20/h3-7,10-15,18H,8-9,16-17,19H2,1-2H3,(H,27,30). The van der Waals surface area contributed by atoms with Crippen LogP contribution in [0, 0.1) is 0 Å². The molecule has 0 radical (unpaired) electrons. The van der Waals surface area contributed by atoms with Crippen molar-refractivity contribution in [2.24, 2.45) is 0 Å². The molecule has 1 aliphatic heterocycles. The number of nitrogens with zero attached hydrogens (tertiary/aromatic N) is 2. The van der Waals surface area contributed by atoms with Crippen LogP contribution < -0.4 is 19.1 Å². The van der Waals surface area contributed by atoms with Gasteiger partial charge < -0.3 is 14.8 Å². The molecule has 0 spiro atoms. The van der Waals surface area contributed by atoms with Crippen LogP contribution in [0.5, 0.6) is 17.2 Å². The van der Waals surface area contributed by atoms with Crippen LogP contribution in [0.2, 0.25) is 0 Å². The van der Waals surface area contributed by atoms with Gasteiger partial charge in [0.2, 0.25) is 26.0 Å². The number of amides is 1. The van der Waals surface area contributed by atoms with E-state index in [0.29, 0.717) is 18.8 Å². The summed E-state index contributed by atoms with van der Waals surface area (Å²) in [6.07, 6.45) is 2.56. The zero-order valence-corrected chi connectivity index (χ0v) is 22.7. The lowest BCUT2D eigenvalue weighted by Crippen LogP contribution is -2.37. The van der Waals surface area contributed by atoms with Crippen LogP contribution in [0.15, 0.2) is 77.7 Å². The molecule has 0 aliphatic carbocycles. The first-order chi connectivity index (χ1) is 18.1. The highest BCUT2D eigenvalue weighted by atomic mass is 32.2. The monoisotopic (exact) mass is 559 g/mol. The zero-order chi connectivity index (χ0) is 27.3. The van der Waals surface area contributed by atoms with Crippen LogP contribution >= 0.6 is 0 Å². The lowest BCUT2D eigenvalue weighted by atomic mass is 10.2. The Morgan fingerprint density at radius 1 is 0.921 bits per heavy atom. The van der Waals surface area contributed by atoms with E-state index >= 15 is 0 Å². The summed E-state index contributed by atoms with van der Waals surface area (Å²) in [7, 11) is -6.27. The zero-order valence-electron chi connectivity index (χ0n) is 21.0. The summed E-state index contributed by atoms with van der Waals surface area (Å²) in [5.74, 6) is 0.281. The quantitative estimate of drug-likeness (QED) is 0.402. The normalized spacial score (nSPS) is 14.2. The predicted molar refractivity (Wildman–Crippen MR) is 145 cm³/mol. The lowest BCUT2D eigenvalue weighted by Gasteiger charge is -2.24. The Balaban J connectivity index is 1.61. The molecule has 0 aromatic heterocycles.